The molecule has 0 N–H and O–H groups in total. The molecular weight excluding hydrogens is 268 g/mol. The van der Waals surface area contributed by atoms with Crippen molar-refractivity contribution in [3.63, 3.8) is 0 Å². The molecule has 2 heteroatoms. The molecule has 2 rings (SSSR count). The molecule has 0 aliphatic carbocycles. The van der Waals surface area contributed by atoms with Gasteiger partial charge >= 0.3 is 0 Å². The lowest BCUT2D eigenvalue weighted by molar-refractivity contribution is 0.754. The summed E-state index contributed by atoms with van der Waals surface area (Å²) in [7, 11) is 0. The number of nitrogens with zero attached hydrogens (tertiary/aromatic N) is 2. The van der Waals surface area contributed by atoms with Crippen LogP contribution in [0.1, 0.15) is 60.4 Å². The lowest BCUT2D eigenvalue weighted by atomic mass is 9.89. The summed E-state index contributed by atoms with van der Waals surface area (Å²) in [5.41, 5.74) is 4.98. The van der Waals surface area contributed by atoms with E-state index in [0.29, 0.717) is 17.4 Å². The number of rotatable bonds is 4. The van der Waals surface area contributed by atoms with Gasteiger partial charge in [-0.25, -0.2) is 0 Å². The zero-order chi connectivity index (χ0) is 16.1. The Morgan fingerprint density at radius 3 is 2.36 bits per heavy atom. The van der Waals surface area contributed by atoms with Crippen molar-refractivity contribution in [1.82, 2.24) is 0 Å². The van der Waals surface area contributed by atoms with Gasteiger partial charge < -0.3 is 0 Å². The molecule has 0 bridgehead atoms. The molecule has 0 radical (unpaired) electrons. The van der Waals surface area contributed by atoms with E-state index in [2.05, 4.69) is 45.0 Å². The van der Waals surface area contributed by atoms with Crippen LogP contribution >= 0.6 is 0 Å². The molecule has 0 saturated heterocycles. The van der Waals surface area contributed by atoms with E-state index in [1.807, 2.05) is 30.3 Å². The van der Waals surface area contributed by atoms with Gasteiger partial charge in [-0.05, 0) is 53.1 Å². The molecule has 1 atom stereocenters. The predicted octanol–water partition coefficient (Wildman–Crippen LogP) is 4.90. The van der Waals surface area contributed by atoms with Crippen molar-refractivity contribution < 1.29 is 0 Å². The molecule has 0 aliphatic rings. The molecule has 0 amide bonds. The Morgan fingerprint density at radius 2 is 1.73 bits per heavy atom. The molecule has 0 aliphatic heterocycles. The summed E-state index contributed by atoms with van der Waals surface area (Å²) in [6.07, 6.45) is 0.903. The highest BCUT2D eigenvalue weighted by Gasteiger charge is 2.11. The van der Waals surface area contributed by atoms with E-state index in [9.17, 15) is 5.26 Å². The molecule has 2 aromatic carbocycles. The third-order valence-electron chi connectivity index (χ3n) is 3.99. The average molecular weight is 288 g/mol. The third kappa shape index (κ3) is 3.54. The zero-order valence-electron chi connectivity index (χ0n) is 13.3. The standard InChI is InChI=1S/C20H20N2/c1-14(2)20-11-16(7-8-19(20)13-22)9-15(3)18-6-4-5-17(10-18)12-21/h4-8,10-11,14-15H,9H2,1-3H3. The Bertz CT molecular complexity index is 745. The Labute approximate surface area is 132 Å². The lowest BCUT2D eigenvalue weighted by Crippen LogP contribution is -2.01. The fourth-order valence-electron chi connectivity index (χ4n) is 2.70. The molecule has 1 unspecified atom stereocenters. The van der Waals surface area contributed by atoms with Crippen LogP contribution in [0.5, 0.6) is 0 Å². The van der Waals surface area contributed by atoms with Crippen LogP contribution in [0, 0.1) is 22.7 Å². The Kier molecular flexibility index (Phi) is 4.97. The minimum Gasteiger partial charge on any atom is -0.192 e. The molecule has 0 saturated carbocycles. The van der Waals surface area contributed by atoms with Gasteiger partial charge in [-0.2, -0.15) is 10.5 Å². The lowest BCUT2D eigenvalue weighted by Gasteiger charge is -2.15. The van der Waals surface area contributed by atoms with E-state index in [1.54, 1.807) is 0 Å². The topological polar surface area (TPSA) is 47.6 Å². The highest BCUT2D eigenvalue weighted by molar-refractivity contribution is 5.43. The first-order valence-corrected chi connectivity index (χ1v) is 7.58. The van der Waals surface area contributed by atoms with Gasteiger partial charge in [0.05, 0.1) is 23.3 Å². The number of nitriles is 2. The number of benzene rings is 2. The second-order valence-electron chi connectivity index (χ2n) is 6.03. The molecule has 0 aromatic heterocycles. The first-order chi connectivity index (χ1) is 10.5. The zero-order valence-corrected chi connectivity index (χ0v) is 13.3. The number of hydrogen-bond donors (Lipinski definition) is 0. The van der Waals surface area contributed by atoms with Crippen molar-refractivity contribution in [2.45, 2.75) is 39.0 Å². The minimum absolute atomic E-state index is 0.334. The fraction of sp³-hybridized carbons (Fsp3) is 0.300. The van der Waals surface area contributed by atoms with Crippen molar-refractivity contribution in [3.05, 3.63) is 70.3 Å². The summed E-state index contributed by atoms with van der Waals surface area (Å²) in [5.74, 6) is 0.674. The van der Waals surface area contributed by atoms with Gasteiger partial charge in [0.25, 0.3) is 0 Å². The van der Waals surface area contributed by atoms with Crippen molar-refractivity contribution in [3.8, 4) is 12.1 Å². The monoisotopic (exact) mass is 288 g/mol. The van der Waals surface area contributed by atoms with Crippen molar-refractivity contribution in [1.29, 1.82) is 10.5 Å². The van der Waals surface area contributed by atoms with Crippen LogP contribution < -0.4 is 0 Å². The van der Waals surface area contributed by atoms with E-state index in [0.717, 1.165) is 17.5 Å². The fourth-order valence-corrected chi connectivity index (χ4v) is 2.70. The summed E-state index contributed by atoms with van der Waals surface area (Å²) in [4.78, 5) is 0. The molecule has 110 valence electrons. The van der Waals surface area contributed by atoms with Gasteiger partial charge in [0, 0.05) is 0 Å². The SMILES string of the molecule is CC(C)c1cc(CC(C)c2cccc(C#N)c2)ccc1C#N. The van der Waals surface area contributed by atoms with Gasteiger partial charge in [0.15, 0.2) is 0 Å². The highest BCUT2D eigenvalue weighted by atomic mass is 14.3. The Morgan fingerprint density at radius 1 is 0.955 bits per heavy atom. The van der Waals surface area contributed by atoms with Gasteiger partial charge in [-0.15, -0.1) is 0 Å². The molecule has 2 aromatic rings. The van der Waals surface area contributed by atoms with Crippen LogP contribution in [0.15, 0.2) is 42.5 Å². The second kappa shape index (κ2) is 6.92. The first-order valence-electron chi connectivity index (χ1n) is 7.58. The van der Waals surface area contributed by atoms with Gasteiger partial charge in [-0.3, -0.25) is 0 Å². The van der Waals surface area contributed by atoms with Crippen molar-refractivity contribution in [2.24, 2.45) is 0 Å². The summed E-state index contributed by atoms with van der Waals surface area (Å²) in [6, 6.07) is 18.3. The van der Waals surface area contributed by atoms with E-state index in [1.165, 1.54) is 11.1 Å². The summed E-state index contributed by atoms with van der Waals surface area (Å²) >= 11 is 0. The van der Waals surface area contributed by atoms with Gasteiger partial charge in [0.1, 0.15) is 0 Å². The van der Waals surface area contributed by atoms with Crippen LogP contribution in [0.2, 0.25) is 0 Å². The van der Waals surface area contributed by atoms with Crippen LogP contribution in [0.4, 0.5) is 0 Å². The molecule has 0 fully saturated rings. The van der Waals surface area contributed by atoms with Crippen LogP contribution in [-0.4, -0.2) is 0 Å². The van der Waals surface area contributed by atoms with E-state index < -0.39 is 0 Å². The second-order valence-corrected chi connectivity index (χ2v) is 6.03. The van der Waals surface area contributed by atoms with Crippen molar-refractivity contribution >= 4 is 0 Å². The predicted molar refractivity (Wildman–Crippen MR) is 88.5 cm³/mol. The maximum absolute atomic E-state index is 9.20. The minimum atomic E-state index is 0.334. The maximum atomic E-state index is 9.20. The van der Waals surface area contributed by atoms with E-state index in [-0.39, 0.29) is 0 Å². The van der Waals surface area contributed by atoms with Crippen LogP contribution in [0.3, 0.4) is 0 Å². The van der Waals surface area contributed by atoms with E-state index >= 15 is 0 Å². The summed E-state index contributed by atoms with van der Waals surface area (Å²) in [6.45, 7) is 6.39. The molecule has 2 nitrogen and oxygen atoms in total. The quantitative estimate of drug-likeness (QED) is 0.803. The third-order valence-corrected chi connectivity index (χ3v) is 3.99. The normalized spacial score (nSPS) is 11.7. The summed E-state index contributed by atoms with van der Waals surface area (Å²) in [5, 5.41) is 18.2. The molecule has 22 heavy (non-hydrogen) atoms. The molecule has 0 heterocycles. The van der Waals surface area contributed by atoms with Gasteiger partial charge in [-0.1, -0.05) is 45.0 Å². The van der Waals surface area contributed by atoms with Gasteiger partial charge in [0.2, 0.25) is 0 Å². The first kappa shape index (κ1) is 15.8. The maximum Gasteiger partial charge on any atom is 0.0994 e. The Balaban J connectivity index is 2.25. The summed E-state index contributed by atoms with van der Waals surface area (Å²) < 4.78 is 0. The smallest absolute Gasteiger partial charge is 0.0994 e. The largest absolute Gasteiger partial charge is 0.192 e. The average Bonchev–Trinajstić information content (AvgIpc) is 2.54. The highest BCUT2D eigenvalue weighted by Crippen LogP contribution is 2.25. The van der Waals surface area contributed by atoms with E-state index in [4.69, 9.17) is 5.26 Å². The van der Waals surface area contributed by atoms with Crippen LogP contribution in [-0.2, 0) is 6.42 Å². The Hall–Kier alpha value is -2.58. The molecular formula is C20H20N2. The number of hydrogen-bond acceptors (Lipinski definition) is 2. The van der Waals surface area contributed by atoms with Crippen molar-refractivity contribution in [2.75, 3.05) is 0 Å². The van der Waals surface area contributed by atoms with Crippen LogP contribution in [0.25, 0.3) is 0 Å². The molecule has 0 spiro atoms.